The van der Waals surface area contributed by atoms with Crippen molar-refractivity contribution < 1.29 is 5.11 Å². The van der Waals surface area contributed by atoms with Crippen LogP contribution in [0.2, 0.25) is 0 Å². The van der Waals surface area contributed by atoms with Crippen LogP contribution in [-0.4, -0.2) is 14.9 Å². The molecule has 0 aliphatic rings. The van der Waals surface area contributed by atoms with Gasteiger partial charge in [-0.05, 0) is 26.3 Å². The van der Waals surface area contributed by atoms with E-state index < -0.39 is 0 Å². The zero-order valence-corrected chi connectivity index (χ0v) is 12.7. The molecule has 0 bridgehead atoms. The van der Waals surface area contributed by atoms with Crippen LogP contribution in [0, 0.1) is 20.8 Å². The van der Waals surface area contributed by atoms with Gasteiger partial charge in [0.2, 0.25) is 0 Å². The molecule has 4 heteroatoms. The lowest BCUT2D eigenvalue weighted by atomic mass is 10.1. The maximum atomic E-state index is 9.43. The van der Waals surface area contributed by atoms with Crippen molar-refractivity contribution in [1.82, 2.24) is 9.78 Å². The maximum Gasteiger partial charge on any atom is 0.0997 e. The Kier molecular flexibility index (Phi) is 4.32. The molecule has 2 rings (SSSR count). The van der Waals surface area contributed by atoms with Gasteiger partial charge >= 0.3 is 0 Å². The zero-order valence-electron chi connectivity index (χ0n) is 11.9. The van der Waals surface area contributed by atoms with E-state index in [2.05, 4.69) is 37.1 Å². The van der Waals surface area contributed by atoms with Crippen LogP contribution in [0.3, 0.4) is 0 Å². The Hall–Kier alpha value is -1.26. The highest BCUT2D eigenvalue weighted by molar-refractivity contribution is 7.98. The van der Waals surface area contributed by atoms with Gasteiger partial charge in [0.25, 0.3) is 0 Å². The first kappa shape index (κ1) is 14.2. The predicted molar refractivity (Wildman–Crippen MR) is 79.3 cm³/mol. The topological polar surface area (TPSA) is 38.1 Å². The highest BCUT2D eigenvalue weighted by atomic mass is 32.2. The third-order valence-corrected chi connectivity index (χ3v) is 4.37. The van der Waals surface area contributed by atoms with Crippen molar-refractivity contribution in [2.45, 2.75) is 38.2 Å². The fourth-order valence-corrected chi connectivity index (χ4v) is 3.43. The van der Waals surface area contributed by atoms with E-state index in [0.29, 0.717) is 0 Å². The molecule has 0 aliphatic heterocycles. The van der Waals surface area contributed by atoms with Crippen LogP contribution in [-0.2, 0) is 19.4 Å². The summed E-state index contributed by atoms with van der Waals surface area (Å²) in [6, 6.07) is 6.60. The number of aliphatic hydroxyl groups excluding tert-OH is 1. The summed E-state index contributed by atoms with van der Waals surface area (Å²) in [5, 5.41) is 14.9. The van der Waals surface area contributed by atoms with Crippen LogP contribution >= 0.6 is 11.8 Å². The van der Waals surface area contributed by atoms with E-state index in [1.165, 1.54) is 16.7 Å². The number of hydrogen-bond acceptors (Lipinski definition) is 3. The summed E-state index contributed by atoms with van der Waals surface area (Å²) in [5.74, 6) is 0.897. The summed E-state index contributed by atoms with van der Waals surface area (Å²) < 4.78 is 1.86. The van der Waals surface area contributed by atoms with Gasteiger partial charge in [-0.3, -0.25) is 4.68 Å². The first-order chi connectivity index (χ1) is 9.01. The fourth-order valence-electron chi connectivity index (χ4n) is 2.35. The molecule has 2 aromatic rings. The SMILES string of the molecule is Cc1cc(C)cc(CSc2c(CO)c(C)nn2C)c1. The van der Waals surface area contributed by atoms with Gasteiger partial charge in [-0.15, -0.1) is 11.8 Å². The molecule has 0 aliphatic carbocycles. The van der Waals surface area contributed by atoms with Crippen molar-refractivity contribution in [2.24, 2.45) is 7.05 Å². The van der Waals surface area contributed by atoms with Crippen molar-refractivity contribution in [3.63, 3.8) is 0 Å². The molecule has 1 N–H and O–H groups in total. The highest BCUT2D eigenvalue weighted by Crippen LogP contribution is 2.28. The summed E-state index contributed by atoms with van der Waals surface area (Å²) in [5.41, 5.74) is 5.74. The van der Waals surface area contributed by atoms with Crippen LogP contribution in [0.1, 0.15) is 27.9 Å². The molecule has 19 heavy (non-hydrogen) atoms. The zero-order chi connectivity index (χ0) is 14.0. The molecule has 0 atom stereocenters. The van der Waals surface area contributed by atoms with E-state index in [9.17, 15) is 5.11 Å². The van der Waals surface area contributed by atoms with Crippen molar-refractivity contribution in [2.75, 3.05) is 0 Å². The largest absolute Gasteiger partial charge is 0.392 e. The summed E-state index contributed by atoms with van der Waals surface area (Å²) in [4.78, 5) is 0. The Bertz CT molecular complexity index is 570. The summed E-state index contributed by atoms with van der Waals surface area (Å²) in [6.45, 7) is 6.23. The van der Waals surface area contributed by atoms with E-state index in [0.717, 1.165) is 22.0 Å². The minimum absolute atomic E-state index is 0.0504. The molecule has 0 saturated carbocycles. The average molecular weight is 276 g/mol. The molecule has 1 aromatic carbocycles. The quantitative estimate of drug-likeness (QED) is 0.872. The van der Waals surface area contributed by atoms with Gasteiger partial charge in [0.1, 0.15) is 0 Å². The molecular weight excluding hydrogens is 256 g/mol. The molecule has 1 heterocycles. The molecule has 3 nitrogen and oxygen atoms in total. The molecule has 0 spiro atoms. The van der Waals surface area contributed by atoms with Gasteiger partial charge in [-0.25, -0.2) is 0 Å². The molecule has 1 aromatic heterocycles. The highest BCUT2D eigenvalue weighted by Gasteiger charge is 2.12. The van der Waals surface area contributed by atoms with Crippen molar-refractivity contribution in [3.05, 3.63) is 46.1 Å². The first-order valence-corrected chi connectivity index (χ1v) is 7.33. The summed E-state index contributed by atoms with van der Waals surface area (Å²) >= 11 is 1.73. The number of hydrogen-bond donors (Lipinski definition) is 1. The minimum atomic E-state index is 0.0504. The minimum Gasteiger partial charge on any atom is -0.392 e. The second-order valence-electron chi connectivity index (χ2n) is 4.94. The standard InChI is InChI=1S/C15H20N2OS/c1-10-5-11(2)7-13(6-10)9-19-15-14(8-18)12(3)16-17(15)4/h5-7,18H,8-9H2,1-4H3. The monoisotopic (exact) mass is 276 g/mol. The number of aliphatic hydroxyl groups is 1. The van der Waals surface area contributed by atoms with Crippen LogP contribution in [0.4, 0.5) is 0 Å². The third kappa shape index (κ3) is 3.19. The number of thioether (sulfide) groups is 1. The average Bonchev–Trinajstić information content (AvgIpc) is 2.59. The Morgan fingerprint density at radius 3 is 2.37 bits per heavy atom. The Morgan fingerprint density at radius 1 is 1.16 bits per heavy atom. The normalized spacial score (nSPS) is 11.0. The molecule has 0 radical (unpaired) electrons. The van der Waals surface area contributed by atoms with Gasteiger partial charge in [0.05, 0.1) is 17.3 Å². The molecule has 0 saturated heterocycles. The summed E-state index contributed by atoms with van der Waals surface area (Å²) in [7, 11) is 1.93. The number of rotatable bonds is 4. The van der Waals surface area contributed by atoms with Crippen molar-refractivity contribution in [1.29, 1.82) is 0 Å². The van der Waals surface area contributed by atoms with Crippen LogP contribution < -0.4 is 0 Å². The smallest absolute Gasteiger partial charge is 0.0997 e. The van der Waals surface area contributed by atoms with Gasteiger partial charge in [0.15, 0.2) is 0 Å². The first-order valence-electron chi connectivity index (χ1n) is 6.34. The van der Waals surface area contributed by atoms with Crippen molar-refractivity contribution >= 4 is 11.8 Å². The molecule has 0 amide bonds. The Labute approximate surface area is 118 Å². The fraction of sp³-hybridized carbons (Fsp3) is 0.400. The van der Waals surface area contributed by atoms with Crippen LogP contribution in [0.25, 0.3) is 0 Å². The Balaban J connectivity index is 2.18. The number of aryl methyl sites for hydroxylation is 4. The van der Waals surface area contributed by atoms with Gasteiger partial charge in [0, 0.05) is 18.4 Å². The number of nitrogens with zero attached hydrogens (tertiary/aromatic N) is 2. The van der Waals surface area contributed by atoms with Gasteiger partial charge in [-0.2, -0.15) is 5.10 Å². The van der Waals surface area contributed by atoms with E-state index in [-0.39, 0.29) is 6.61 Å². The Morgan fingerprint density at radius 2 is 1.79 bits per heavy atom. The predicted octanol–water partition coefficient (Wildman–Crippen LogP) is 3.13. The number of aromatic nitrogens is 2. The lowest BCUT2D eigenvalue weighted by Gasteiger charge is -2.07. The van der Waals surface area contributed by atoms with E-state index >= 15 is 0 Å². The van der Waals surface area contributed by atoms with E-state index in [4.69, 9.17) is 0 Å². The molecule has 102 valence electrons. The molecule has 0 fully saturated rings. The maximum absolute atomic E-state index is 9.43. The van der Waals surface area contributed by atoms with Gasteiger partial charge in [-0.1, -0.05) is 29.3 Å². The number of benzene rings is 1. The molecule has 0 unspecified atom stereocenters. The van der Waals surface area contributed by atoms with Gasteiger partial charge < -0.3 is 5.11 Å². The van der Waals surface area contributed by atoms with Crippen LogP contribution in [0.5, 0.6) is 0 Å². The van der Waals surface area contributed by atoms with E-state index in [1.807, 2.05) is 18.7 Å². The lowest BCUT2D eigenvalue weighted by molar-refractivity contribution is 0.277. The van der Waals surface area contributed by atoms with E-state index in [1.54, 1.807) is 11.8 Å². The molecular formula is C15H20N2OS. The second-order valence-corrected chi connectivity index (χ2v) is 5.90. The van der Waals surface area contributed by atoms with Crippen LogP contribution in [0.15, 0.2) is 23.2 Å². The summed E-state index contributed by atoms with van der Waals surface area (Å²) in [6.07, 6.45) is 0. The third-order valence-electron chi connectivity index (χ3n) is 3.10. The lowest BCUT2D eigenvalue weighted by Crippen LogP contribution is -1.95. The second kappa shape index (κ2) is 5.80. The van der Waals surface area contributed by atoms with Crippen molar-refractivity contribution in [3.8, 4) is 0 Å².